The van der Waals surface area contributed by atoms with Gasteiger partial charge in [0.1, 0.15) is 12.4 Å². The number of benzene rings is 1. The van der Waals surface area contributed by atoms with Crippen LogP contribution in [0, 0.1) is 5.82 Å². The zero-order valence-corrected chi connectivity index (χ0v) is 12.3. The summed E-state index contributed by atoms with van der Waals surface area (Å²) in [5, 5.41) is 2.81. The monoisotopic (exact) mass is 295 g/mol. The first-order chi connectivity index (χ1) is 10.1. The summed E-state index contributed by atoms with van der Waals surface area (Å²) in [4.78, 5) is 11.7. The Morgan fingerprint density at radius 1 is 1.52 bits per heavy atom. The Kier molecular flexibility index (Phi) is 6.14. The smallest absolute Gasteiger partial charge is 0.246 e. The fourth-order valence-corrected chi connectivity index (χ4v) is 2.42. The van der Waals surface area contributed by atoms with Crippen molar-refractivity contribution in [2.75, 3.05) is 19.8 Å². The quantitative estimate of drug-likeness (QED) is 0.837. The van der Waals surface area contributed by atoms with Crippen LogP contribution in [0.5, 0.6) is 0 Å². The van der Waals surface area contributed by atoms with Crippen LogP contribution in [0.4, 0.5) is 4.39 Å². The van der Waals surface area contributed by atoms with E-state index in [1.165, 1.54) is 6.07 Å². The molecule has 1 fully saturated rings. The first-order valence-electron chi connectivity index (χ1n) is 7.37. The van der Waals surface area contributed by atoms with E-state index in [1.807, 2.05) is 6.92 Å². The van der Waals surface area contributed by atoms with Crippen LogP contribution in [0.15, 0.2) is 24.3 Å². The van der Waals surface area contributed by atoms with Crippen LogP contribution in [0.25, 0.3) is 0 Å². The van der Waals surface area contributed by atoms with E-state index in [2.05, 4.69) is 5.32 Å². The molecule has 0 bridgehead atoms. The van der Waals surface area contributed by atoms with Crippen LogP contribution in [0.3, 0.4) is 0 Å². The molecule has 1 aliphatic heterocycles. The summed E-state index contributed by atoms with van der Waals surface area (Å²) < 4.78 is 24.3. The molecule has 2 rings (SSSR count). The molecule has 1 aromatic rings. The average Bonchev–Trinajstić information content (AvgIpc) is 2.94. The number of hydrogen-bond donors (Lipinski definition) is 1. The van der Waals surface area contributed by atoms with E-state index >= 15 is 0 Å². The van der Waals surface area contributed by atoms with Gasteiger partial charge in [-0.05, 0) is 37.8 Å². The van der Waals surface area contributed by atoms with Crippen molar-refractivity contribution in [3.63, 3.8) is 0 Å². The van der Waals surface area contributed by atoms with Gasteiger partial charge in [0.25, 0.3) is 0 Å². The summed E-state index contributed by atoms with van der Waals surface area (Å²) in [6.45, 7) is 3.10. The van der Waals surface area contributed by atoms with E-state index in [0.717, 1.165) is 19.4 Å². The highest BCUT2D eigenvalue weighted by Crippen LogP contribution is 2.12. The molecule has 21 heavy (non-hydrogen) atoms. The van der Waals surface area contributed by atoms with E-state index in [0.29, 0.717) is 18.6 Å². The second-order valence-electron chi connectivity index (χ2n) is 5.41. The standard InChI is InChI=1S/C16H22FNO3/c1-12(9-13-5-2-3-7-15(13)17)18-16(19)11-20-10-14-6-4-8-21-14/h2-3,5,7,12,14H,4,6,8-11H2,1H3,(H,18,19). The predicted molar refractivity (Wildman–Crippen MR) is 77.5 cm³/mol. The lowest BCUT2D eigenvalue weighted by molar-refractivity contribution is -0.127. The Labute approximate surface area is 124 Å². The molecular formula is C16H22FNO3. The molecule has 4 nitrogen and oxygen atoms in total. The lowest BCUT2D eigenvalue weighted by Gasteiger charge is -2.15. The highest BCUT2D eigenvalue weighted by atomic mass is 19.1. The minimum Gasteiger partial charge on any atom is -0.376 e. The lowest BCUT2D eigenvalue weighted by atomic mass is 10.1. The van der Waals surface area contributed by atoms with Crippen LogP contribution in [0.1, 0.15) is 25.3 Å². The molecular weight excluding hydrogens is 273 g/mol. The average molecular weight is 295 g/mol. The fraction of sp³-hybridized carbons (Fsp3) is 0.562. The summed E-state index contributed by atoms with van der Waals surface area (Å²) in [5.41, 5.74) is 0.602. The Balaban J connectivity index is 1.66. The lowest BCUT2D eigenvalue weighted by Crippen LogP contribution is -2.37. The Morgan fingerprint density at radius 3 is 3.05 bits per heavy atom. The molecule has 1 N–H and O–H groups in total. The van der Waals surface area contributed by atoms with Crippen molar-refractivity contribution < 1.29 is 18.7 Å². The van der Waals surface area contributed by atoms with Gasteiger partial charge in [0, 0.05) is 12.6 Å². The van der Waals surface area contributed by atoms with Crippen molar-refractivity contribution in [3.05, 3.63) is 35.6 Å². The molecule has 0 radical (unpaired) electrons. The number of nitrogens with one attached hydrogen (secondary N) is 1. The van der Waals surface area contributed by atoms with Crippen LogP contribution < -0.4 is 5.32 Å². The molecule has 5 heteroatoms. The van der Waals surface area contributed by atoms with Gasteiger partial charge in [-0.2, -0.15) is 0 Å². The Morgan fingerprint density at radius 2 is 2.33 bits per heavy atom. The Bertz CT molecular complexity index is 461. The van der Waals surface area contributed by atoms with Crippen LogP contribution in [-0.4, -0.2) is 37.9 Å². The second-order valence-corrected chi connectivity index (χ2v) is 5.41. The summed E-state index contributed by atoms with van der Waals surface area (Å²) in [6.07, 6.45) is 2.63. The van der Waals surface area contributed by atoms with Gasteiger partial charge in [-0.25, -0.2) is 4.39 Å². The third-order valence-electron chi connectivity index (χ3n) is 3.45. The molecule has 2 atom stereocenters. The molecule has 0 aromatic heterocycles. The number of ether oxygens (including phenoxy) is 2. The summed E-state index contributed by atoms with van der Waals surface area (Å²) >= 11 is 0. The maximum absolute atomic E-state index is 13.5. The van der Waals surface area contributed by atoms with Gasteiger partial charge in [0.2, 0.25) is 5.91 Å². The van der Waals surface area contributed by atoms with Crippen LogP contribution in [0.2, 0.25) is 0 Å². The van der Waals surface area contributed by atoms with Gasteiger partial charge in [-0.15, -0.1) is 0 Å². The first-order valence-corrected chi connectivity index (χ1v) is 7.37. The molecule has 0 aliphatic carbocycles. The number of rotatable bonds is 7. The van der Waals surface area contributed by atoms with Gasteiger partial charge in [0.15, 0.2) is 0 Å². The minimum atomic E-state index is -0.242. The maximum Gasteiger partial charge on any atom is 0.246 e. The molecule has 1 heterocycles. The molecule has 1 aromatic carbocycles. The number of halogens is 1. The number of carbonyl (C=O) groups is 1. The van der Waals surface area contributed by atoms with E-state index in [1.54, 1.807) is 18.2 Å². The largest absolute Gasteiger partial charge is 0.376 e. The number of amides is 1. The zero-order chi connectivity index (χ0) is 15.1. The molecule has 2 unspecified atom stereocenters. The molecule has 0 saturated carbocycles. The predicted octanol–water partition coefficient (Wildman–Crippen LogP) is 2.07. The van der Waals surface area contributed by atoms with Gasteiger partial charge >= 0.3 is 0 Å². The normalized spacial score (nSPS) is 19.4. The first kappa shape index (κ1) is 15.9. The molecule has 0 spiro atoms. The third kappa shape index (κ3) is 5.44. The van der Waals surface area contributed by atoms with Crippen LogP contribution >= 0.6 is 0 Å². The van der Waals surface area contributed by atoms with Gasteiger partial charge in [-0.1, -0.05) is 18.2 Å². The van der Waals surface area contributed by atoms with Gasteiger partial charge < -0.3 is 14.8 Å². The summed E-state index contributed by atoms with van der Waals surface area (Å²) in [6, 6.07) is 6.46. The SMILES string of the molecule is CC(Cc1ccccc1F)NC(=O)COCC1CCCO1. The van der Waals surface area contributed by atoms with E-state index < -0.39 is 0 Å². The highest BCUT2D eigenvalue weighted by molar-refractivity contribution is 5.77. The number of carbonyl (C=O) groups excluding carboxylic acids is 1. The highest BCUT2D eigenvalue weighted by Gasteiger charge is 2.16. The van der Waals surface area contributed by atoms with Crippen molar-refractivity contribution in [1.29, 1.82) is 0 Å². The van der Waals surface area contributed by atoms with E-state index in [-0.39, 0.29) is 30.5 Å². The van der Waals surface area contributed by atoms with Crippen molar-refractivity contribution in [1.82, 2.24) is 5.32 Å². The topological polar surface area (TPSA) is 47.6 Å². The number of hydrogen-bond acceptors (Lipinski definition) is 3. The van der Waals surface area contributed by atoms with E-state index in [4.69, 9.17) is 9.47 Å². The molecule has 116 valence electrons. The summed E-state index contributed by atoms with van der Waals surface area (Å²) in [5.74, 6) is -0.426. The molecule has 1 aliphatic rings. The maximum atomic E-state index is 13.5. The molecule has 1 saturated heterocycles. The molecule has 1 amide bonds. The third-order valence-corrected chi connectivity index (χ3v) is 3.45. The van der Waals surface area contributed by atoms with Crippen molar-refractivity contribution in [3.8, 4) is 0 Å². The van der Waals surface area contributed by atoms with Gasteiger partial charge in [0.05, 0.1) is 12.7 Å². The Hall–Kier alpha value is -1.46. The van der Waals surface area contributed by atoms with Crippen molar-refractivity contribution in [2.45, 2.75) is 38.3 Å². The zero-order valence-electron chi connectivity index (χ0n) is 12.3. The second kappa shape index (κ2) is 8.10. The minimum absolute atomic E-state index is 0.0153. The van der Waals surface area contributed by atoms with E-state index in [9.17, 15) is 9.18 Å². The van der Waals surface area contributed by atoms with Crippen molar-refractivity contribution in [2.24, 2.45) is 0 Å². The van der Waals surface area contributed by atoms with Crippen LogP contribution in [-0.2, 0) is 20.7 Å². The fourth-order valence-electron chi connectivity index (χ4n) is 2.42. The van der Waals surface area contributed by atoms with Crippen molar-refractivity contribution >= 4 is 5.91 Å². The summed E-state index contributed by atoms with van der Waals surface area (Å²) in [7, 11) is 0. The van der Waals surface area contributed by atoms with Gasteiger partial charge in [-0.3, -0.25) is 4.79 Å².